The highest BCUT2D eigenvalue weighted by Crippen LogP contribution is 2.33. The zero-order valence-corrected chi connectivity index (χ0v) is 17.0. The number of fused-ring (bicyclic) bond motifs is 1. The number of hydrogen-bond acceptors (Lipinski definition) is 4. The fourth-order valence-electron chi connectivity index (χ4n) is 3.03. The first-order chi connectivity index (χ1) is 13.9. The predicted molar refractivity (Wildman–Crippen MR) is 115 cm³/mol. The second kappa shape index (κ2) is 7.60. The van der Waals surface area contributed by atoms with Crippen LogP contribution in [0.25, 0.3) is 22.6 Å². The van der Waals surface area contributed by atoms with Gasteiger partial charge in [0.05, 0.1) is 17.7 Å². The lowest BCUT2D eigenvalue weighted by atomic mass is 10.1. The largest absolute Gasteiger partial charge is 0.497 e. The molecule has 0 saturated heterocycles. The molecule has 1 heterocycles. The van der Waals surface area contributed by atoms with Crippen molar-refractivity contribution in [1.29, 1.82) is 0 Å². The number of aromatic nitrogens is 1. The lowest BCUT2D eigenvalue weighted by Gasteiger charge is -2.08. The van der Waals surface area contributed by atoms with Crippen LogP contribution in [-0.4, -0.2) is 18.0 Å². The highest BCUT2D eigenvalue weighted by Gasteiger charge is 2.15. The Balaban J connectivity index is 1.66. The fourth-order valence-corrected chi connectivity index (χ4v) is 3.23. The Hall–Kier alpha value is -3.31. The van der Waals surface area contributed by atoms with Crippen molar-refractivity contribution in [2.75, 3.05) is 12.4 Å². The van der Waals surface area contributed by atoms with Crippen LogP contribution >= 0.6 is 11.6 Å². The maximum atomic E-state index is 12.6. The van der Waals surface area contributed by atoms with Crippen molar-refractivity contribution < 1.29 is 13.9 Å². The van der Waals surface area contributed by atoms with Gasteiger partial charge in [0.25, 0.3) is 5.91 Å². The Morgan fingerprint density at radius 2 is 1.86 bits per heavy atom. The number of aryl methyl sites for hydroxylation is 2. The van der Waals surface area contributed by atoms with Crippen molar-refractivity contribution in [3.63, 3.8) is 0 Å². The van der Waals surface area contributed by atoms with E-state index in [1.54, 1.807) is 49.6 Å². The Labute approximate surface area is 173 Å². The van der Waals surface area contributed by atoms with Crippen LogP contribution in [0, 0.1) is 13.8 Å². The van der Waals surface area contributed by atoms with Gasteiger partial charge >= 0.3 is 0 Å². The number of oxazole rings is 1. The summed E-state index contributed by atoms with van der Waals surface area (Å²) in [5, 5.41) is 3.37. The van der Waals surface area contributed by atoms with E-state index in [4.69, 9.17) is 20.8 Å². The van der Waals surface area contributed by atoms with E-state index in [1.165, 1.54) is 0 Å². The van der Waals surface area contributed by atoms with Gasteiger partial charge in [-0.3, -0.25) is 4.79 Å². The van der Waals surface area contributed by atoms with Gasteiger partial charge in [0.2, 0.25) is 5.89 Å². The highest BCUT2D eigenvalue weighted by molar-refractivity contribution is 6.33. The Bertz CT molecular complexity index is 1190. The van der Waals surface area contributed by atoms with Crippen LogP contribution < -0.4 is 10.1 Å². The number of nitrogens with one attached hydrogen (secondary N) is 1. The number of nitrogens with zero attached hydrogens (tertiary/aromatic N) is 1. The number of halogens is 1. The number of benzene rings is 3. The van der Waals surface area contributed by atoms with Crippen molar-refractivity contribution in [3.8, 4) is 17.2 Å². The van der Waals surface area contributed by atoms with Crippen LogP contribution in [0.15, 0.2) is 59.0 Å². The van der Waals surface area contributed by atoms with Gasteiger partial charge in [-0.05, 0) is 73.5 Å². The molecular formula is C23H19ClN2O3. The van der Waals surface area contributed by atoms with Crippen molar-refractivity contribution in [2.45, 2.75) is 13.8 Å². The van der Waals surface area contributed by atoms with Gasteiger partial charge in [-0.1, -0.05) is 17.7 Å². The Morgan fingerprint density at radius 3 is 2.66 bits per heavy atom. The molecule has 0 aliphatic heterocycles. The zero-order chi connectivity index (χ0) is 20.5. The standard InChI is InChI=1S/C23H19ClN2O3/c1-13-9-20-21(10-14(13)2)29-23(26-20)18-12-16(7-8-19(18)24)25-22(27)15-5-4-6-17(11-15)28-3/h4-12H,1-3H3,(H,25,27). The van der Waals surface area contributed by atoms with Crippen LogP contribution in [0.5, 0.6) is 5.75 Å². The summed E-state index contributed by atoms with van der Waals surface area (Å²) in [5.41, 5.74) is 5.44. The number of hydrogen-bond donors (Lipinski definition) is 1. The smallest absolute Gasteiger partial charge is 0.255 e. The molecule has 1 amide bonds. The molecule has 0 saturated carbocycles. The van der Waals surface area contributed by atoms with E-state index in [0.717, 1.165) is 16.6 Å². The molecule has 0 radical (unpaired) electrons. The summed E-state index contributed by atoms with van der Waals surface area (Å²) in [5.74, 6) is 0.778. The molecule has 5 nitrogen and oxygen atoms in total. The molecule has 146 valence electrons. The zero-order valence-electron chi connectivity index (χ0n) is 16.2. The fraction of sp³-hybridized carbons (Fsp3) is 0.130. The number of amides is 1. The summed E-state index contributed by atoms with van der Waals surface area (Å²) in [6, 6.07) is 16.1. The number of carbonyl (C=O) groups excluding carboxylic acids is 1. The Kier molecular flexibility index (Phi) is 4.99. The van der Waals surface area contributed by atoms with Gasteiger partial charge in [0, 0.05) is 11.3 Å². The quantitative estimate of drug-likeness (QED) is 0.449. The molecule has 6 heteroatoms. The van der Waals surface area contributed by atoms with Gasteiger partial charge in [-0.15, -0.1) is 0 Å². The minimum Gasteiger partial charge on any atom is -0.497 e. The van der Waals surface area contributed by atoms with Crippen molar-refractivity contribution in [2.24, 2.45) is 0 Å². The van der Waals surface area contributed by atoms with E-state index in [1.807, 2.05) is 26.0 Å². The first kappa shape index (κ1) is 19.0. The lowest BCUT2D eigenvalue weighted by Crippen LogP contribution is -2.11. The van der Waals surface area contributed by atoms with Gasteiger partial charge in [0.15, 0.2) is 5.58 Å². The van der Waals surface area contributed by atoms with Crippen LogP contribution in [0.4, 0.5) is 5.69 Å². The summed E-state index contributed by atoms with van der Waals surface area (Å²) in [6.45, 7) is 4.06. The molecule has 0 spiro atoms. The van der Waals surface area contributed by atoms with Gasteiger partial charge in [0.1, 0.15) is 11.3 Å². The van der Waals surface area contributed by atoms with E-state index < -0.39 is 0 Å². The molecule has 0 aliphatic rings. The summed E-state index contributed by atoms with van der Waals surface area (Å²) < 4.78 is 11.1. The third kappa shape index (κ3) is 3.82. The molecule has 0 fully saturated rings. The molecule has 4 rings (SSSR count). The number of rotatable bonds is 4. The predicted octanol–water partition coefficient (Wildman–Crippen LogP) is 6.03. The van der Waals surface area contributed by atoms with E-state index in [2.05, 4.69) is 10.3 Å². The third-order valence-electron chi connectivity index (χ3n) is 4.79. The average Bonchev–Trinajstić information content (AvgIpc) is 3.12. The topological polar surface area (TPSA) is 64.4 Å². The first-order valence-electron chi connectivity index (χ1n) is 9.08. The first-order valence-corrected chi connectivity index (χ1v) is 9.45. The second-order valence-electron chi connectivity index (χ2n) is 6.80. The summed E-state index contributed by atoms with van der Waals surface area (Å²) in [4.78, 5) is 17.2. The van der Waals surface area contributed by atoms with Crippen molar-refractivity contribution in [1.82, 2.24) is 4.98 Å². The number of carbonyl (C=O) groups is 1. The lowest BCUT2D eigenvalue weighted by molar-refractivity contribution is 0.102. The molecule has 0 atom stereocenters. The molecular weight excluding hydrogens is 388 g/mol. The maximum Gasteiger partial charge on any atom is 0.255 e. The van der Waals surface area contributed by atoms with Crippen LogP contribution in [-0.2, 0) is 0 Å². The van der Waals surface area contributed by atoms with Crippen molar-refractivity contribution in [3.05, 3.63) is 76.3 Å². The molecule has 3 aromatic carbocycles. The molecule has 1 aromatic heterocycles. The molecule has 0 aliphatic carbocycles. The van der Waals surface area contributed by atoms with Gasteiger partial charge in [-0.2, -0.15) is 0 Å². The monoisotopic (exact) mass is 406 g/mol. The van der Waals surface area contributed by atoms with Crippen molar-refractivity contribution >= 4 is 34.3 Å². The number of ether oxygens (including phenoxy) is 1. The summed E-state index contributed by atoms with van der Waals surface area (Å²) in [6.07, 6.45) is 0. The normalized spacial score (nSPS) is 10.9. The molecule has 1 N–H and O–H groups in total. The van der Waals surface area contributed by atoms with Gasteiger partial charge in [-0.25, -0.2) is 4.98 Å². The number of methoxy groups -OCH3 is 1. The second-order valence-corrected chi connectivity index (χ2v) is 7.21. The van der Waals surface area contributed by atoms with E-state index in [-0.39, 0.29) is 5.91 Å². The van der Waals surface area contributed by atoms with E-state index >= 15 is 0 Å². The molecule has 4 aromatic rings. The van der Waals surface area contributed by atoms with E-state index in [9.17, 15) is 4.79 Å². The molecule has 0 bridgehead atoms. The maximum absolute atomic E-state index is 12.6. The minimum atomic E-state index is -0.249. The highest BCUT2D eigenvalue weighted by atomic mass is 35.5. The Morgan fingerprint density at radius 1 is 1.07 bits per heavy atom. The van der Waals surface area contributed by atoms with Crippen LogP contribution in [0.3, 0.4) is 0 Å². The van der Waals surface area contributed by atoms with Crippen LogP contribution in [0.1, 0.15) is 21.5 Å². The minimum absolute atomic E-state index is 0.249. The average molecular weight is 407 g/mol. The van der Waals surface area contributed by atoms with Gasteiger partial charge < -0.3 is 14.5 Å². The molecule has 29 heavy (non-hydrogen) atoms. The van der Waals surface area contributed by atoms with Crippen LogP contribution in [0.2, 0.25) is 5.02 Å². The summed E-state index contributed by atoms with van der Waals surface area (Å²) in [7, 11) is 1.56. The molecule has 0 unspecified atom stereocenters. The number of anilines is 1. The SMILES string of the molecule is COc1cccc(C(=O)Nc2ccc(Cl)c(-c3nc4cc(C)c(C)cc4o3)c2)c1. The third-order valence-corrected chi connectivity index (χ3v) is 5.12. The summed E-state index contributed by atoms with van der Waals surface area (Å²) >= 11 is 6.38. The van der Waals surface area contributed by atoms with E-state index in [0.29, 0.717) is 39.1 Å².